The molecule has 36 heavy (non-hydrogen) atoms. The van der Waals surface area contributed by atoms with Crippen molar-refractivity contribution in [1.82, 2.24) is 19.5 Å². The van der Waals surface area contributed by atoms with Crippen molar-refractivity contribution in [2.75, 3.05) is 19.5 Å². The van der Waals surface area contributed by atoms with Gasteiger partial charge in [-0.2, -0.15) is 0 Å². The van der Waals surface area contributed by atoms with Gasteiger partial charge in [-0.15, -0.1) is 0 Å². The van der Waals surface area contributed by atoms with E-state index in [1.165, 1.54) is 25.3 Å². The zero-order chi connectivity index (χ0) is 25.6. The molecule has 0 amide bonds. The van der Waals surface area contributed by atoms with Gasteiger partial charge >= 0.3 is 5.97 Å². The molecule has 0 unspecified atom stereocenters. The fourth-order valence-corrected chi connectivity index (χ4v) is 4.53. The third kappa shape index (κ3) is 4.03. The van der Waals surface area contributed by atoms with Crippen LogP contribution in [-0.2, 0) is 17.7 Å². The third-order valence-corrected chi connectivity index (χ3v) is 6.31. The predicted molar refractivity (Wildman–Crippen MR) is 132 cm³/mol. The fraction of sp³-hybridized carbons (Fsp3) is 0.240. The van der Waals surface area contributed by atoms with E-state index in [4.69, 9.17) is 26.1 Å². The molecule has 0 saturated carbocycles. The first-order valence-corrected chi connectivity index (χ1v) is 11.5. The SMILES string of the molecule is COC(=O)c1nc(Cl)ccc1N[C@H](C)c1cc(F)cc2c(=O)n3c(nc12)-c1ccc(OC)nc1CC3. The summed E-state index contributed by atoms with van der Waals surface area (Å²) in [7, 11) is 2.78. The number of nitrogens with zero attached hydrogens (tertiary/aromatic N) is 4. The minimum Gasteiger partial charge on any atom is -0.481 e. The number of halogens is 2. The summed E-state index contributed by atoms with van der Waals surface area (Å²) in [6, 6.07) is 8.58. The number of benzene rings is 1. The lowest BCUT2D eigenvalue weighted by Gasteiger charge is -2.23. The van der Waals surface area contributed by atoms with Gasteiger partial charge in [0.2, 0.25) is 5.88 Å². The van der Waals surface area contributed by atoms with E-state index in [1.807, 2.05) is 6.07 Å². The molecule has 3 aromatic heterocycles. The first-order valence-electron chi connectivity index (χ1n) is 11.1. The van der Waals surface area contributed by atoms with Crippen LogP contribution in [0.2, 0.25) is 5.15 Å². The number of ether oxygens (including phenoxy) is 2. The lowest BCUT2D eigenvalue weighted by atomic mass is 10.0. The van der Waals surface area contributed by atoms with E-state index in [2.05, 4.69) is 15.3 Å². The number of hydrogen-bond acceptors (Lipinski definition) is 8. The number of methoxy groups -OCH3 is 2. The number of carbonyl (C=O) groups excluding carboxylic acids is 1. The van der Waals surface area contributed by atoms with Crippen LogP contribution in [0.15, 0.2) is 41.2 Å². The molecule has 184 valence electrons. The van der Waals surface area contributed by atoms with Crippen LogP contribution < -0.4 is 15.6 Å². The van der Waals surface area contributed by atoms with Gasteiger partial charge in [0.1, 0.15) is 16.8 Å². The molecule has 0 saturated heterocycles. The minimum absolute atomic E-state index is 0.0167. The van der Waals surface area contributed by atoms with Crippen LogP contribution >= 0.6 is 11.6 Å². The highest BCUT2D eigenvalue weighted by atomic mass is 35.5. The maximum atomic E-state index is 14.7. The average Bonchev–Trinajstić information content (AvgIpc) is 2.88. The van der Waals surface area contributed by atoms with Crippen LogP contribution in [0, 0.1) is 5.82 Å². The molecule has 5 rings (SSSR count). The number of fused-ring (bicyclic) bond motifs is 4. The summed E-state index contributed by atoms with van der Waals surface area (Å²) >= 11 is 5.96. The Hall–Kier alpha value is -4.05. The van der Waals surface area contributed by atoms with Gasteiger partial charge in [0, 0.05) is 30.2 Å². The number of esters is 1. The van der Waals surface area contributed by atoms with Gasteiger partial charge in [0.05, 0.1) is 42.5 Å². The fourth-order valence-electron chi connectivity index (χ4n) is 4.38. The summed E-state index contributed by atoms with van der Waals surface area (Å²) in [6.45, 7) is 2.13. The molecule has 1 atom stereocenters. The Balaban J connectivity index is 1.65. The largest absolute Gasteiger partial charge is 0.481 e. The second kappa shape index (κ2) is 9.19. The molecule has 1 aliphatic heterocycles. The number of rotatable bonds is 5. The molecule has 1 aromatic carbocycles. The lowest BCUT2D eigenvalue weighted by molar-refractivity contribution is 0.0595. The van der Waals surface area contributed by atoms with Gasteiger partial charge in [-0.1, -0.05) is 11.6 Å². The smallest absolute Gasteiger partial charge is 0.358 e. The standard InChI is InChI=1S/C25H21ClFN5O4/c1-12(28-18-5-6-19(26)30-22(18)25(34)36-3)15-10-13(27)11-16-21(15)31-23-14-4-7-20(35-2)29-17(14)8-9-32(23)24(16)33/h4-7,10-12,28H,8-9H2,1-3H3/t12-/m1/s1. The maximum Gasteiger partial charge on any atom is 0.358 e. The molecule has 0 fully saturated rings. The van der Waals surface area contributed by atoms with E-state index < -0.39 is 17.8 Å². The lowest BCUT2D eigenvalue weighted by Crippen LogP contribution is -2.28. The van der Waals surface area contributed by atoms with Crippen molar-refractivity contribution >= 4 is 34.2 Å². The summed E-state index contributed by atoms with van der Waals surface area (Å²) < 4.78 is 26.3. The highest BCUT2D eigenvalue weighted by Gasteiger charge is 2.25. The summed E-state index contributed by atoms with van der Waals surface area (Å²) in [5.74, 6) is -0.326. The molecule has 0 bridgehead atoms. The van der Waals surface area contributed by atoms with E-state index in [1.54, 1.807) is 30.7 Å². The molecule has 0 radical (unpaired) electrons. The summed E-state index contributed by atoms with van der Waals surface area (Å²) in [5.41, 5.74) is 2.25. The van der Waals surface area contributed by atoms with Gasteiger partial charge in [-0.05, 0) is 37.3 Å². The second-order valence-corrected chi connectivity index (χ2v) is 8.66. The molecule has 9 nitrogen and oxygen atoms in total. The average molecular weight is 510 g/mol. The van der Waals surface area contributed by atoms with E-state index in [-0.39, 0.29) is 21.8 Å². The van der Waals surface area contributed by atoms with Gasteiger partial charge < -0.3 is 14.8 Å². The molecule has 1 N–H and O–H groups in total. The highest BCUT2D eigenvalue weighted by Crippen LogP contribution is 2.32. The maximum absolute atomic E-state index is 14.7. The predicted octanol–water partition coefficient (Wildman–Crippen LogP) is 4.17. The van der Waals surface area contributed by atoms with Crippen molar-refractivity contribution in [3.05, 3.63) is 74.7 Å². The number of hydrogen-bond donors (Lipinski definition) is 1. The molecular weight excluding hydrogens is 489 g/mol. The number of anilines is 1. The molecule has 0 aliphatic carbocycles. The molecule has 4 heterocycles. The van der Waals surface area contributed by atoms with Crippen molar-refractivity contribution in [2.24, 2.45) is 0 Å². The van der Waals surface area contributed by atoms with E-state index in [9.17, 15) is 14.0 Å². The van der Waals surface area contributed by atoms with Crippen LogP contribution in [0.4, 0.5) is 10.1 Å². The van der Waals surface area contributed by atoms with Gasteiger partial charge in [-0.3, -0.25) is 9.36 Å². The van der Waals surface area contributed by atoms with Crippen molar-refractivity contribution in [3.8, 4) is 17.3 Å². The number of nitrogens with one attached hydrogen (secondary N) is 1. The van der Waals surface area contributed by atoms with E-state index in [0.717, 1.165) is 5.69 Å². The highest BCUT2D eigenvalue weighted by molar-refractivity contribution is 6.29. The zero-order valence-corrected chi connectivity index (χ0v) is 20.4. The topological polar surface area (TPSA) is 108 Å². The van der Waals surface area contributed by atoms with Gasteiger partial charge in [0.25, 0.3) is 5.56 Å². The summed E-state index contributed by atoms with van der Waals surface area (Å²) in [4.78, 5) is 39.0. The van der Waals surface area contributed by atoms with Crippen LogP contribution in [0.5, 0.6) is 5.88 Å². The Morgan fingerprint density at radius 3 is 2.72 bits per heavy atom. The molecule has 1 aliphatic rings. The number of aryl methyl sites for hydroxylation is 1. The van der Waals surface area contributed by atoms with Crippen LogP contribution in [-0.4, -0.2) is 39.7 Å². The molecular formula is C25H21ClFN5O4. The second-order valence-electron chi connectivity index (χ2n) is 8.27. The number of carbonyl (C=O) groups is 1. The molecule has 0 spiro atoms. The minimum atomic E-state index is -0.679. The summed E-state index contributed by atoms with van der Waals surface area (Å²) in [6.07, 6.45) is 0.520. The quantitative estimate of drug-likeness (QED) is 0.315. The van der Waals surface area contributed by atoms with Crippen LogP contribution in [0.25, 0.3) is 22.3 Å². The first-order chi connectivity index (χ1) is 17.3. The number of aromatic nitrogens is 4. The van der Waals surface area contributed by atoms with E-state index >= 15 is 0 Å². The Morgan fingerprint density at radius 1 is 1.17 bits per heavy atom. The van der Waals surface area contributed by atoms with Gasteiger partial charge in [-0.25, -0.2) is 24.1 Å². The molecule has 11 heteroatoms. The van der Waals surface area contributed by atoms with Crippen molar-refractivity contribution in [3.63, 3.8) is 0 Å². The van der Waals surface area contributed by atoms with Crippen LogP contribution in [0.3, 0.4) is 0 Å². The Bertz CT molecular complexity index is 1590. The monoisotopic (exact) mass is 509 g/mol. The zero-order valence-electron chi connectivity index (χ0n) is 19.6. The molecule has 4 aromatic rings. The van der Waals surface area contributed by atoms with Crippen LogP contribution in [0.1, 0.15) is 34.7 Å². The Labute approximate surface area is 209 Å². The van der Waals surface area contributed by atoms with Crippen molar-refractivity contribution in [1.29, 1.82) is 0 Å². The van der Waals surface area contributed by atoms with E-state index in [0.29, 0.717) is 47.0 Å². The number of pyridine rings is 2. The Morgan fingerprint density at radius 2 is 1.97 bits per heavy atom. The first kappa shape index (κ1) is 23.7. The van der Waals surface area contributed by atoms with Crippen molar-refractivity contribution in [2.45, 2.75) is 25.9 Å². The van der Waals surface area contributed by atoms with Crippen molar-refractivity contribution < 1.29 is 18.7 Å². The third-order valence-electron chi connectivity index (χ3n) is 6.10. The normalized spacial score (nSPS) is 13.0. The van der Waals surface area contributed by atoms with Gasteiger partial charge in [0.15, 0.2) is 5.69 Å². The summed E-state index contributed by atoms with van der Waals surface area (Å²) in [5, 5.41) is 3.44. The Kier molecular flexibility index (Phi) is 6.05.